The Balaban J connectivity index is 0.870. The van der Waals surface area contributed by atoms with E-state index in [-0.39, 0.29) is 109 Å². The average molecular weight is 1280 g/mol. The summed E-state index contributed by atoms with van der Waals surface area (Å²) in [5, 5.41) is 19.4. The molecular weight excluding hydrogens is 1210 g/mol. The molecule has 2 saturated carbocycles. The number of thioether (sulfide) groups is 2. The number of esters is 10. The van der Waals surface area contributed by atoms with Gasteiger partial charge < -0.3 is 56.8 Å². The van der Waals surface area contributed by atoms with Crippen molar-refractivity contribution in [3.8, 4) is 35.1 Å². The van der Waals surface area contributed by atoms with Gasteiger partial charge in [0.25, 0.3) is 0 Å². The molecule has 26 heteroatoms. The predicted octanol–water partition coefficient (Wildman–Crippen LogP) is 8.09. The van der Waals surface area contributed by atoms with E-state index in [1.54, 1.807) is 48.5 Å². The molecule has 1 heterocycles. The molecule has 3 aliphatic rings. The van der Waals surface area contributed by atoms with Crippen LogP contribution in [-0.4, -0.2) is 126 Å². The number of ether oxygens (including phenoxy) is 12. The van der Waals surface area contributed by atoms with Crippen molar-refractivity contribution < 1.29 is 105 Å². The quantitative estimate of drug-likeness (QED) is 0.0136. The fourth-order valence-electron chi connectivity index (χ4n) is 9.08. The first-order valence-corrected chi connectivity index (χ1v) is 30.7. The van der Waals surface area contributed by atoms with Gasteiger partial charge in [-0.25, -0.2) is 9.59 Å². The lowest BCUT2D eigenvalue weighted by Crippen LogP contribution is -2.30. The van der Waals surface area contributed by atoms with Crippen LogP contribution < -0.4 is 18.9 Å². The molecule has 6 rings (SSSR count). The van der Waals surface area contributed by atoms with E-state index in [4.69, 9.17) is 56.8 Å². The maximum absolute atomic E-state index is 13.7. The molecule has 478 valence electrons. The molecule has 90 heavy (non-hydrogen) atoms. The van der Waals surface area contributed by atoms with Gasteiger partial charge in [0.15, 0.2) is 0 Å². The molecule has 24 nitrogen and oxygen atoms in total. The van der Waals surface area contributed by atoms with Crippen molar-refractivity contribution in [1.82, 2.24) is 0 Å². The highest BCUT2D eigenvalue weighted by Crippen LogP contribution is 2.59. The summed E-state index contributed by atoms with van der Waals surface area (Å²) in [7, 11) is 0. The van der Waals surface area contributed by atoms with Crippen LogP contribution in [0.25, 0.3) is 0 Å². The van der Waals surface area contributed by atoms with Crippen LogP contribution in [0.5, 0.6) is 23.0 Å². The molecule has 0 atom stereocenters. The zero-order valence-electron chi connectivity index (χ0n) is 49.3. The standard InChI is InChI=1S/C64H68N2O22S2/c1-3-52(67)81-35-31-77-33-37-83-56(71)25-23-54(69)79-29-27-41-5-17-48(18-6-41)85-60(73)43-9-13-45(14-10-43)62(75)87-50-21-22-51(59-58(50)89-64(90-59)47(39-65)40-66)88-63(76)46-15-11-44(12-16-46)61(74)86-49-19-7-42(8-20-49)28-30-80-55(70)24-26-57(72)84-38-34-78-32-36-82-53(68)4-2/h3-8,17-22,43-46H,1-2,9-16,23-38H2. The summed E-state index contributed by atoms with van der Waals surface area (Å²) in [6.45, 7) is 7.12. The molecule has 2 fully saturated rings. The molecule has 1 aliphatic heterocycles. The molecule has 3 aromatic rings. The summed E-state index contributed by atoms with van der Waals surface area (Å²) in [6.07, 6.45) is 4.92. The Kier molecular flexibility index (Phi) is 29.6. The van der Waals surface area contributed by atoms with Crippen LogP contribution in [0.4, 0.5) is 0 Å². The summed E-state index contributed by atoms with van der Waals surface area (Å²) >= 11 is 2.09. The van der Waals surface area contributed by atoms with Crippen molar-refractivity contribution >= 4 is 83.2 Å². The first-order chi connectivity index (χ1) is 43.5. The molecule has 0 saturated heterocycles. The first-order valence-electron chi connectivity index (χ1n) is 29.0. The van der Waals surface area contributed by atoms with Crippen LogP contribution in [-0.2, 0) is 98.7 Å². The SMILES string of the molecule is C=CC(=O)OCCOCCOC(=O)CCC(=O)OCCc1ccc(OC(=O)C2CCC(C(=O)Oc3ccc(OC(=O)C4CCC(C(=O)Oc5ccc(CCOC(=O)CCC(=O)OCCOCCOC(=O)C=C)cc5)CC4)c4c3SC(=C(C#N)C#N)S4)CC2)cc1. The van der Waals surface area contributed by atoms with Gasteiger partial charge in [0, 0.05) is 25.0 Å². The number of carbonyl (C=O) groups excluding carboxylic acids is 10. The number of rotatable bonds is 34. The van der Waals surface area contributed by atoms with Gasteiger partial charge in [0.2, 0.25) is 0 Å². The molecule has 0 spiro atoms. The number of nitriles is 2. The molecule has 0 bridgehead atoms. The van der Waals surface area contributed by atoms with Crippen molar-refractivity contribution in [3.63, 3.8) is 0 Å². The molecule has 2 aliphatic carbocycles. The molecule has 0 radical (unpaired) electrons. The van der Waals surface area contributed by atoms with E-state index >= 15 is 0 Å². The number of nitrogens with zero attached hydrogens (tertiary/aromatic N) is 2. The van der Waals surface area contributed by atoms with Gasteiger partial charge in [-0.3, -0.25) is 38.4 Å². The van der Waals surface area contributed by atoms with Crippen molar-refractivity contribution in [3.05, 3.63) is 107 Å². The average Bonchev–Trinajstić information content (AvgIpc) is 1.72. The van der Waals surface area contributed by atoms with E-state index in [0.29, 0.717) is 89.7 Å². The highest BCUT2D eigenvalue weighted by Gasteiger charge is 2.37. The molecule has 0 N–H and O–H groups in total. The number of benzene rings is 3. The number of hydrogen-bond donors (Lipinski definition) is 0. The van der Waals surface area contributed by atoms with Gasteiger partial charge in [-0.15, -0.1) is 0 Å². The highest BCUT2D eigenvalue weighted by molar-refractivity contribution is 8.24. The fourth-order valence-corrected chi connectivity index (χ4v) is 11.6. The summed E-state index contributed by atoms with van der Waals surface area (Å²) in [5.41, 5.74) is 1.44. The molecule has 3 aromatic carbocycles. The summed E-state index contributed by atoms with van der Waals surface area (Å²) in [6, 6.07) is 20.2. The van der Waals surface area contributed by atoms with E-state index in [9.17, 15) is 58.5 Å². The van der Waals surface area contributed by atoms with Crippen LogP contribution in [0.2, 0.25) is 0 Å². The maximum Gasteiger partial charge on any atom is 0.330 e. The Morgan fingerprint density at radius 3 is 1.02 bits per heavy atom. The van der Waals surface area contributed by atoms with E-state index in [1.807, 2.05) is 12.1 Å². The Labute approximate surface area is 527 Å². The lowest BCUT2D eigenvalue weighted by atomic mass is 9.82. The van der Waals surface area contributed by atoms with E-state index in [0.717, 1.165) is 46.8 Å². The first kappa shape index (κ1) is 70.3. The van der Waals surface area contributed by atoms with Crippen LogP contribution in [0.15, 0.2) is 106 Å². The molecular formula is C64H68N2O22S2. The monoisotopic (exact) mass is 1280 g/mol. The van der Waals surface area contributed by atoms with Gasteiger partial charge in [0.1, 0.15) is 67.1 Å². The van der Waals surface area contributed by atoms with E-state index in [1.165, 1.54) is 12.1 Å². The normalized spacial score (nSPS) is 16.4. The van der Waals surface area contributed by atoms with Crippen LogP contribution in [0, 0.1) is 46.3 Å². The number of fused-ring (bicyclic) bond motifs is 1. The van der Waals surface area contributed by atoms with Crippen molar-refractivity contribution in [2.75, 3.05) is 66.1 Å². The van der Waals surface area contributed by atoms with E-state index in [2.05, 4.69) is 13.2 Å². The fraction of sp³-hybridized carbons (Fsp3) is 0.438. The van der Waals surface area contributed by atoms with E-state index < -0.39 is 83.4 Å². The lowest BCUT2D eigenvalue weighted by molar-refractivity contribution is -0.151. The van der Waals surface area contributed by atoms with Crippen LogP contribution >= 0.6 is 23.5 Å². The van der Waals surface area contributed by atoms with Crippen molar-refractivity contribution in [2.45, 2.75) is 99.7 Å². The zero-order chi connectivity index (χ0) is 64.6. The topological polar surface area (TPSA) is 329 Å². The van der Waals surface area contributed by atoms with Crippen LogP contribution in [0.1, 0.15) is 88.2 Å². The highest BCUT2D eigenvalue weighted by atomic mass is 32.2. The number of hydrogen-bond acceptors (Lipinski definition) is 26. The Morgan fingerprint density at radius 2 is 0.711 bits per heavy atom. The van der Waals surface area contributed by atoms with Gasteiger partial charge in [-0.2, -0.15) is 10.5 Å². The van der Waals surface area contributed by atoms with Crippen molar-refractivity contribution in [2.24, 2.45) is 23.7 Å². The predicted molar refractivity (Wildman–Crippen MR) is 316 cm³/mol. The summed E-state index contributed by atoms with van der Waals surface area (Å²) in [5.74, 6) is -6.56. The van der Waals surface area contributed by atoms with Gasteiger partial charge in [-0.05, 0) is 98.9 Å². The third-order valence-corrected chi connectivity index (χ3v) is 16.6. The van der Waals surface area contributed by atoms with Crippen LogP contribution in [0.3, 0.4) is 0 Å². The second-order valence-electron chi connectivity index (χ2n) is 20.2. The second kappa shape index (κ2) is 37.9. The zero-order valence-corrected chi connectivity index (χ0v) is 50.9. The summed E-state index contributed by atoms with van der Waals surface area (Å²) in [4.78, 5) is 125. The van der Waals surface area contributed by atoms with Gasteiger partial charge in [0.05, 0.1) is 103 Å². The third-order valence-electron chi connectivity index (χ3n) is 14.0. The minimum atomic E-state index is -0.593. The van der Waals surface area contributed by atoms with Gasteiger partial charge in [-0.1, -0.05) is 60.9 Å². The lowest BCUT2D eigenvalue weighted by Gasteiger charge is -2.26. The van der Waals surface area contributed by atoms with Crippen molar-refractivity contribution in [1.29, 1.82) is 10.5 Å². The number of carbonyl (C=O) groups is 10. The number of allylic oxidation sites excluding steroid dienone is 1. The molecule has 0 aromatic heterocycles. The molecule has 0 unspecified atom stereocenters. The molecule has 0 amide bonds. The minimum absolute atomic E-state index is 0.0302. The Morgan fingerprint density at radius 1 is 0.411 bits per heavy atom. The maximum atomic E-state index is 13.7. The Bertz CT molecular complexity index is 2960. The smallest absolute Gasteiger partial charge is 0.330 e. The minimum Gasteiger partial charge on any atom is -0.465 e. The second-order valence-corrected chi connectivity index (χ2v) is 22.5. The van der Waals surface area contributed by atoms with Gasteiger partial charge >= 0.3 is 59.7 Å². The Hall–Kier alpha value is -8.82. The largest absolute Gasteiger partial charge is 0.465 e. The third kappa shape index (κ3) is 23.9. The summed E-state index contributed by atoms with van der Waals surface area (Å²) < 4.78 is 64.0.